The van der Waals surface area contributed by atoms with Gasteiger partial charge in [0.15, 0.2) is 0 Å². The number of amides is 1. The van der Waals surface area contributed by atoms with E-state index in [1.165, 1.54) is 0 Å². The Kier molecular flexibility index (Phi) is 5.32. The molecule has 1 atom stereocenters. The molecule has 1 unspecified atom stereocenters. The quantitative estimate of drug-likeness (QED) is 0.891. The van der Waals surface area contributed by atoms with E-state index >= 15 is 0 Å². The molecule has 0 aromatic heterocycles. The molecule has 0 spiro atoms. The van der Waals surface area contributed by atoms with Gasteiger partial charge in [-0.05, 0) is 45.6 Å². The molecule has 1 aromatic rings. The van der Waals surface area contributed by atoms with Crippen molar-refractivity contribution in [3.8, 4) is 6.07 Å². The molecule has 2 rings (SSSR count). The lowest BCUT2D eigenvalue weighted by Gasteiger charge is -2.26. The maximum absolute atomic E-state index is 12.2. The lowest BCUT2D eigenvalue weighted by Crippen LogP contribution is -2.41. The van der Waals surface area contributed by atoms with Crippen molar-refractivity contribution in [3.05, 3.63) is 29.8 Å². The predicted molar refractivity (Wildman–Crippen MR) is 82.9 cm³/mol. The molecule has 1 N–H and O–H groups in total. The molecule has 21 heavy (non-hydrogen) atoms. The van der Waals surface area contributed by atoms with E-state index in [1.54, 1.807) is 18.2 Å². The summed E-state index contributed by atoms with van der Waals surface area (Å²) in [6.45, 7) is 2.33. The summed E-state index contributed by atoms with van der Waals surface area (Å²) < 4.78 is 0. The van der Waals surface area contributed by atoms with Crippen LogP contribution in [0.25, 0.3) is 0 Å². The Bertz CT molecular complexity index is 535. The number of hydrogen-bond donors (Lipinski definition) is 1. The summed E-state index contributed by atoms with van der Waals surface area (Å²) >= 11 is 0. The Morgan fingerprint density at radius 3 is 2.95 bits per heavy atom. The number of likely N-dealkylation sites (tertiary alicyclic amines) is 1. The molecule has 1 heterocycles. The van der Waals surface area contributed by atoms with E-state index in [0.717, 1.165) is 25.9 Å². The van der Waals surface area contributed by atoms with Gasteiger partial charge in [-0.2, -0.15) is 5.26 Å². The first-order valence-electron chi connectivity index (χ1n) is 7.28. The van der Waals surface area contributed by atoms with Crippen LogP contribution in [0.5, 0.6) is 0 Å². The molecule has 0 aliphatic carbocycles. The highest BCUT2D eigenvalue weighted by Crippen LogP contribution is 2.18. The number of benzene rings is 1. The molecule has 1 aliphatic rings. The van der Waals surface area contributed by atoms with Gasteiger partial charge in [0, 0.05) is 12.6 Å². The van der Waals surface area contributed by atoms with Crippen LogP contribution in [0.4, 0.5) is 5.69 Å². The van der Waals surface area contributed by atoms with Crippen LogP contribution in [0.1, 0.15) is 18.4 Å². The van der Waals surface area contributed by atoms with Crippen LogP contribution < -0.4 is 5.32 Å². The van der Waals surface area contributed by atoms with Gasteiger partial charge in [-0.3, -0.25) is 9.69 Å². The molecule has 0 bridgehead atoms. The highest BCUT2D eigenvalue weighted by atomic mass is 16.2. The van der Waals surface area contributed by atoms with Crippen molar-refractivity contribution in [1.29, 1.82) is 5.26 Å². The van der Waals surface area contributed by atoms with Crippen molar-refractivity contribution in [1.82, 2.24) is 9.80 Å². The summed E-state index contributed by atoms with van der Waals surface area (Å²) in [5.74, 6) is -0.0524. The van der Waals surface area contributed by atoms with Gasteiger partial charge in [0.05, 0.1) is 17.8 Å². The van der Waals surface area contributed by atoms with Crippen molar-refractivity contribution < 1.29 is 4.79 Å². The molecule has 5 heteroatoms. The van der Waals surface area contributed by atoms with Gasteiger partial charge in [-0.1, -0.05) is 12.1 Å². The van der Waals surface area contributed by atoms with Crippen molar-refractivity contribution in [2.75, 3.05) is 39.0 Å². The number of likely N-dealkylation sites (N-methyl/N-ethyl adjacent to an activating group) is 1. The van der Waals surface area contributed by atoms with Crippen LogP contribution in [0, 0.1) is 11.3 Å². The minimum atomic E-state index is -0.0524. The number of para-hydroxylation sites is 1. The van der Waals surface area contributed by atoms with Crippen molar-refractivity contribution >= 4 is 11.6 Å². The number of nitrogens with zero attached hydrogens (tertiary/aromatic N) is 3. The van der Waals surface area contributed by atoms with Gasteiger partial charge in [-0.15, -0.1) is 0 Å². The number of anilines is 1. The fourth-order valence-electron chi connectivity index (χ4n) is 2.80. The molecule has 1 saturated heterocycles. The number of nitriles is 1. The smallest absolute Gasteiger partial charge is 0.238 e. The van der Waals surface area contributed by atoms with E-state index in [0.29, 0.717) is 23.8 Å². The van der Waals surface area contributed by atoms with Crippen LogP contribution in [-0.4, -0.2) is 55.5 Å². The van der Waals surface area contributed by atoms with E-state index in [9.17, 15) is 4.79 Å². The molecule has 112 valence electrons. The van der Waals surface area contributed by atoms with E-state index in [1.807, 2.05) is 6.07 Å². The zero-order valence-electron chi connectivity index (χ0n) is 12.7. The number of carbonyl (C=O) groups excluding carboxylic acids is 1. The van der Waals surface area contributed by atoms with Crippen molar-refractivity contribution in [3.63, 3.8) is 0 Å². The second-order valence-corrected chi connectivity index (χ2v) is 5.73. The molecule has 0 radical (unpaired) electrons. The molecular formula is C16H22N4O. The lowest BCUT2D eigenvalue weighted by molar-refractivity contribution is -0.117. The fraction of sp³-hybridized carbons (Fsp3) is 0.500. The molecule has 1 aromatic carbocycles. The maximum Gasteiger partial charge on any atom is 0.238 e. The number of carbonyl (C=O) groups is 1. The standard InChI is InChI=1S/C16H22N4O/c1-19(2)11-14-7-5-9-20(14)12-16(21)18-15-8-4-3-6-13(15)10-17/h3-4,6,8,14H,5,7,9,11-12H2,1-2H3,(H,18,21). The molecule has 1 fully saturated rings. The summed E-state index contributed by atoms with van der Waals surface area (Å²) in [4.78, 5) is 16.6. The molecule has 5 nitrogen and oxygen atoms in total. The first kappa shape index (κ1) is 15.5. The third-order valence-corrected chi connectivity index (χ3v) is 3.74. The van der Waals surface area contributed by atoms with Gasteiger partial charge >= 0.3 is 0 Å². The molecule has 0 saturated carbocycles. The Labute approximate surface area is 126 Å². The Morgan fingerprint density at radius 2 is 2.24 bits per heavy atom. The van der Waals surface area contributed by atoms with Gasteiger partial charge in [0.25, 0.3) is 0 Å². The van der Waals surface area contributed by atoms with Crippen molar-refractivity contribution in [2.45, 2.75) is 18.9 Å². The summed E-state index contributed by atoms with van der Waals surface area (Å²) in [5, 5.41) is 11.9. The summed E-state index contributed by atoms with van der Waals surface area (Å²) in [6.07, 6.45) is 2.28. The van der Waals surface area contributed by atoms with Crippen LogP contribution >= 0.6 is 0 Å². The maximum atomic E-state index is 12.2. The normalized spacial score (nSPS) is 18.7. The minimum Gasteiger partial charge on any atom is -0.324 e. The van der Waals surface area contributed by atoms with Crippen LogP contribution in [0.2, 0.25) is 0 Å². The van der Waals surface area contributed by atoms with Gasteiger partial charge in [0.1, 0.15) is 6.07 Å². The first-order valence-corrected chi connectivity index (χ1v) is 7.28. The highest BCUT2D eigenvalue weighted by molar-refractivity contribution is 5.93. The third-order valence-electron chi connectivity index (χ3n) is 3.74. The Morgan fingerprint density at radius 1 is 1.48 bits per heavy atom. The second kappa shape index (κ2) is 7.21. The van der Waals surface area contributed by atoms with Gasteiger partial charge in [-0.25, -0.2) is 0 Å². The molecule has 1 aliphatic heterocycles. The number of nitrogens with one attached hydrogen (secondary N) is 1. The summed E-state index contributed by atoms with van der Waals surface area (Å²) in [7, 11) is 4.11. The molecule has 1 amide bonds. The van der Waals surface area contributed by atoms with Crippen molar-refractivity contribution in [2.24, 2.45) is 0 Å². The average molecular weight is 286 g/mol. The largest absolute Gasteiger partial charge is 0.324 e. The zero-order valence-corrected chi connectivity index (χ0v) is 12.7. The van der Waals surface area contributed by atoms with Crippen LogP contribution in [-0.2, 0) is 4.79 Å². The summed E-state index contributed by atoms with van der Waals surface area (Å²) in [5.41, 5.74) is 1.09. The average Bonchev–Trinajstić information content (AvgIpc) is 2.85. The van der Waals surface area contributed by atoms with Crippen LogP contribution in [0.15, 0.2) is 24.3 Å². The summed E-state index contributed by atoms with van der Waals surface area (Å²) in [6, 6.07) is 9.62. The van der Waals surface area contributed by atoms with E-state index < -0.39 is 0 Å². The van der Waals surface area contributed by atoms with E-state index in [2.05, 4.69) is 35.3 Å². The molecular weight excluding hydrogens is 264 g/mol. The van der Waals surface area contributed by atoms with Crippen LogP contribution in [0.3, 0.4) is 0 Å². The lowest BCUT2D eigenvalue weighted by atomic mass is 10.2. The minimum absolute atomic E-state index is 0.0524. The predicted octanol–water partition coefficient (Wildman–Crippen LogP) is 1.52. The topological polar surface area (TPSA) is 59.4 Å². The highest BCUT2D eigenvalue weighted by Gasteiger charge is 2.26. The first-order chi connectivity index (χ1) is 10.1. The Hall–Kier alpha value is -1.90. The number of rotatable bonds is 5. The van der Waals surface area contributed by atoms with Gasteiger partial charge < -0.3 is 10.2 Å². The Balaban J connectivity index is 1.94. The monoisotopic (exact) mass is 286 g/mol. The second-order valence-electron chi connectivity index (χ2n) is 5.73. The fourth-order valence-corrected chi connectivity index (χ4v) is 2.80. The third kappa shape index (κ3) is 4.28. The van der Waals surface area contributed by atoms with E-state index in [4.69, 9.17) is 5.26 Å². The number of hydrogen-bond acceptors (Lipinski definition) is 4. The van der Waals surface area contributed by atoms with E-state index in [-0.39, 0.29) is 5.91 Å². The SMILES string of the molecule is CN(C)CC1CCCN1CC(=O)Nc1ccccc1C#N. The van der Waals surface area contributed by atoms with Gasteiger partial charge in [0.2, 0.25) is 5.91 Å². The zero-order chi connectivity index (χ0) is 15.2.